The van der Waals surface area contributed by atoms with Crippen LogP contribution in [0.3, 0.4) is 0 Å². The molecule has 0 aliphatic carbocycles. The van der Waals surface area contributed by atoms with Gasteiger partial charge in [0.2, 0.25) is 0 Å². The van der Waals surface area contributed by atoms with E-state index in [1.807, 2.05) is 30.3 Å². The average Bonchev–Trinajstić information content (AvgIpc) is 2.34. The van der Waals surface area contributed by atoms with Crippen molar-refractivity contribution in [2.24, 2.45) is 0 Å². The van der Waals surface area contributed by atoms with Crippen LogP contribution in [0, 0.1) is 0 Å². The van der Waals surface area contributed by atoms with Gasteiger partial charge in [-0.25, -0.2) is 4.79 Å². The van der Waals surface area contributed by atoms with E-state index in [-0.39, 0.29) is 6.61 Å². The highest BCUT2D eigenvalue weighted by atomic mass is 16.3. The lowest BCUT2D eigenvalue weighted by Crippen LogP contribution is -2.33. The molecule has 1 aromatic carbocycles. The molecule has 17 heavy (non-hydrogen) atoms. The lowest BCUT2D eigenvalue weighted by molar-refractivity contribution is 0.245. The maximum Gasteiger partial charge on any atom is 0.328 e. The minimum absolute atomic E-state index is 0.212. The molecular weight excluding hydrogens is 220 g/mol. The number of nitrogens with zero attached hydrogens (tertiary/aromatic N) is 1. The summed E-state index contributed by atoms with van der Waals surface area (Å²) >= 11 is 0. The summed E-state index contributed by atoms with van der Waals surface area (Å²) in [5.41, 5.74) is -0.166. The monoisotopic (exact) mass is 232 g/mol. The summed E-state index contributed by atoms with van der Waals surface area (Å²) in [7, 11) is 0. The second-order valence-electron chi connectivity index (χ2n) is 3.63. The largest absolute Gasteiger partial charge is 0.394 e. The van der Waals surface area contributed by atoms with Crippen LogP contribution in [-0.4, -0.2) is 21.3 Å². The number of nitrogens with one attached hydrogen (secondary N) is 1. The number of aliphatic hydroxyl groups excluding tert-OH is 1. The second-order valence-corrected chi connectivity index (χ2v) is 3.63. The van der Waals surface area contributed by atoms with Gasteiger partial charge in [-0.05, 0) is 5.56 Å². The number of benzene rings is 1. The molecule has 0 bridgehead atoms. The number of aliphatic hydroxyl groups is 1. The third-order valence-electron chi connectivity index (χ3n) is 2.54. The zero-order valence-corrected chi connectivity index (χ0v) is 9.04. The van der Waals surface area contributed by atoms with Gasteiger partial charge < -0.3 is 5.11 Å². The van der Waals surface area contributed by atoms with Crippen molar-refractivity contribution < 1.29 is 5.11 Å². The predicted octanol–water partition coefficient (Wildman–Crippen LogP) is 0.118. The Kier molecular flexibility index (Phi) is 3.20. The van der Waals surface area contributed by atoms with E-state index in [1.54, 1.807) is 0 Å². The van der Waals surface area contributed by atoms with E-state index < -0.39 is 17.3 Å². The lowest BCUT2D eigenvalue weighted by Gasteiger charge is -2.16. The van der Waals surface area contributed by atoms with Crippen LogP contribution in [0.25, 0.3) is 0 Å². The molecule has 2 N–H and O–H groups in total. The molecule has 0 aliphatic heterocycles. The van der Waals surface area contributed by atoms with Gasteiger partial charge in [0, 0.05) is 12.3 Å². The number of H-pyrrole nitrogens is 1. The summed E-state index contributed by atoms with van der Waals surface area (Å²) in [4.78, 5) is 24.7. The molecule has 1 atom stereocenters. The first-order valence-electron chi connectivity index (χ1n) is 5.19. The maximum absolute atomic E-state index is 11.6. The Morgan fingerprint density at radius 2 is 1.88 bits per heavy atom. The van der Waals surface area contributed by atoms with E-state index in [0.717, 1.165) is 5.56 Å². The molecule has 0 saturated carbocycles. The zero-order chi connectivity index (χ0) is 12.3. The highest BCUT2D eigenvalue weighted by molar-refractivity contribution is 5.20. The van der Waals surface area contributed by atoms with Crippen molar-refractivity contribution >= 4 is 0 Å². The van der Waals surface area contributed by atoms with Crippen molar-refractivity contribution in [2.75, 3.05) is 6.61 Å². The molecule has 0 fully saturated rings. The Bertz CT molecular complexity index is 601. The third-order valence-corrected chi connectivity index (χ3v) is 2.54. The van der Waals surface area contributed by atoms with Crippen molar-refractivity contribution in [1.29, 1.82) is 0 Å². The summed E-state index contributed by atoms with van der Waals surface area (Å²) < 4.78 is 1.30. The fourth-order valence-corrected chi connectivity index (χ4v) is 1.70. The maximum atomic E-state index is 11.6. The van der Waals surface area contributed by atoms with Gasteiger partial charge in [0.1, 0.15) is 0 Å². The van der Waals surface area contributed by atoms with Gasteiger partial charge in [-0.3, -0.25) is 14.3 Å². The molecule has 1 aromatic heterocycles. The number of hydrogen-bond donors (Lipinski definition) is 2. The molecular formula is C12H12N2O3. The Hall–Kier alpha value is -2.14. The van der Waals surface area contributed by atoms with Gasteiger partial charge in [-0.2, -0.15) is 0 Å². The van der Waals surface area contributed by atoms with Gasteiger partial charge in [0.25, 0.3) is 5.56 Å². The van der Waals surface area contributed by atoms with Crippen LogP contribution in [0.1, 0.15) is 11.6 Å². The minimum Gasteiger partial charge on any atom is -0.394 e. The molecule has 0 spiro atoms. The fourth-order valence-electron chi connectivity index (χ4n) is 1.70. The molecule has 0 radical (unpaired) electrons. The molecule has 0 saturated heterocycles. The van der Waals surface area contributed by atoms with Gasteiger partial charge >= 0.3 is 5.69 Å². The van der Waals surface area contributed by atoms with Crippen LogP contribution in [0.2, 0.25) is 0 Å². The van der Waals surface area contributed by atoms with Crippen LogP contribution < -0.4 is 11.2 Å². The first kappa shape index (κ1) is 11.3. The topological polar surface area (TPSA) is 75.1 Å². The van der Waals surface area contributed by atoms with E-state index in [1.165, 1.54) is 16.8 Å². The predicted molar refractivity (Wildman–Crippen MR) is 63.0 cm³/mol. The van der Waals surface area contributed by atoms with E-state index in [2.05, 4.69) is 4.98 Å². The van der Waals surface area contributed by atoms with E-state index >= 15 is 0 Å². The average molecular weight is 232 g/mol. The molecule has 0 aliphatic rings. The molecule has 0 amide bonds. The molecule has 1 heterocycles. The van der Waals surface area contributed by atoms with Crippen LogP contribution in [0.5, 0.6) is 0 Å². The Morgan fingerprint density at radius 3 is 2.47 bits per heavy atom. The van der Waals surface area contributed by atoms with Crippen LogP contribution in [-0.2, 0) is 0 Å². The number of rotatable bonds is 3. The van der Waals surface area contributed by atoms with Crippen molar-refractivity contribution in [3.05, 3.63) is 69.0 Å². The summed E-state index contributed by atoms with van der Waals surface area (Å²) in [5.74, 6) is 0. The van der Waals surface area contributed by atoms with Gasteiger partial charge in [-0.1, -0.05) is 30.3 Å². The van der Waals surface area contributed by atoms with E-state index in [4.69, 9.17) is 0 Å². The zero-order valence-electron chi connectivity index (χ0n) is 9.04. The van der Waals surface area contributed by atoms with Crippen molar-refractivity contribution in [3.63, 3.8) is 0 Å². The number of hydrogen-bond acceptors (Lipinski definition) is 3. The molecule has 5 nitrogen and oxygen atoms in total. The third kappa shape index (κ3) is 2.34. The lowest BCUT2D eigenvalue weighted by atomic mass is 10.1. The van der Waals surface area contributed by atoms with E-state index in [9.17, 15) is 14.7 Å². The first-order valence-corrected chi connectivity index (χ1v) is 5.19. The number of aromatic amines is 1. The SMILES string of the molecule is O=c1ccn(C(CO)c2ccccc2)c(=O)[nH]1. The van der Waals surface area contributed by atoms with Gasteiger partial charge in [0.05, 0.1) is 12.6 Å². The van der Waals surface area contributed by atoms with E-state index in [0.29, 0.717) is 0 Å². The highest BCUT2D eigenvalue weighted by Crippen LogP contribution is 2.14. The van der Waals surface area contributed by atoms with Gasteiger partial charge in [0.15, 0.2) is 0 Å². The standard InChI is InChI=1S/C12H12N2O3/c15-8-10(9-4-2-1-3-5-9)14-7-6-11(16)13-12(14)17/h1-7,10,15H,8H2,(H,13,16,17). The van der Waals surface area contributed by atoms with Crippen molar-refractivity contribution in [2.45, 2.75) is 6.04 Å². The molecule has 88 valence electrons. The minimum atomic E-state index is -0.527. The van der Waals surface area contributed by atoms with Crippen LogP contribution in [0.15, 0.2) is 52.2 Å². The normalized spacial score (nSPS) is 12.3. The highest BCUT2D eigenvalue weighted by Gasteiger charge is 2.13. The second kappa shape index (κ2) is 4.80. The first-order chi connectivity index (χ1) is 8.22. The Labute approximate surface area is 97.0 Å². The summed E-state index contributed by atoms with van der Waals surface area (Å²) in [5, 5.41) is 9.37. The summed E-state index contributed by atoms with van der Waals surface area (Å²) in [6.45, 7) is -0.212. The van der Waals surface area contributed by atoms with Gasteiger partial charge in [-0.15, -0.1) is 0 Å². The smallest absolute Gasteiger partial charge is 0.328 e. The van der Waals surface area contributed by atoms with Crippen molar-refractivity contribution in [3.8, 4) is 0 Å². The van der Waals surface area contributed by atoms with Crippen molar-refractivity contribution in [1.82, 2.24) is 9.55 Å². The number of aromatic nitrogens is 2. The Balaban J connectivity index is 2.50. The summed E-state index contributed by atoms with van der Waals surface area (Å²) in [6, 6.07) is 9.92. The van der Waals surface area contributed by atoms with Crippen LogP contribution in [0.4, 0.5) is 0 Å². The fraction of sp³-hybridized carbons (Fsp3) is 0.167. The quantitative estimate of drug-likeness (QED) is 0.789. The van der Waals surface area contributed by atoms with Crippen LogP contribution >= 0.6 is 0 Å². The molecule has 1 unspecified atom stereocenters. The molecule has 2 rings (SSSR count). The summed E-state index contributed by atoms with van der Waals surface area (Å²) in [6.07, 6.45) is 1.38. The Morgan fingerprint density at radius 1 is 1.18 bits per heavy atom. The molecule has 2 aromatic rings. The molecule has 5 heteroatoms.